The van der Waals surface area contributed by atoms with Gasteiger partial charge in [0.25, 0.3) is 0 Å². The molecule has 6 heteroatoms. The zero-order valence-electron chi connectivity index (χ0n) is 13.3. The number of hydrogen-bond donors (Lipinski definition) is 1. The van der Waals surface area contributed by atoms with Gasteiger partial charge in [-0.15, -0.1) is 0 Å². The minimum absolute atomic E-state index is 0.0759. The van der Waals surface area contributed by atoms with E-state index in [1.54, 1.807) is 0 Å². The van der Waals surface area contributed by atoms with Crippen LogP contribution >= 0.6 is 11.8 Å². The Morgan fingerprint density at radius 1 is 1.27 bits per heavy atom. The molecule has 1 aliphatic rings. The van der Waals surface area contributed by atoms with E-state index in [2.05, 4.69) is 21.5 Å². The molecule has 0 bridgehead atoms. The topological polar surface area (TPSA) is 48.5 Å². The van der Waals surface area contributed by atoms with Gasteiger partial charge in [0.05, 0.1) is 0 Å². The molecule has 1 saturated heterocycles. The van der Waals surface area contributed by atoms with Crippen molar-refractivity contribution in [3.05, 3.63) is 24.4 Å². The van der Waals surface area contributed by atoms with Crippen molar-refractivity contribution in [3.63, 3.8) is 0 Å². The van der Waals surface area contributed by atoms with E-state index in [1.807, 2.05) is 41.1 Å². The molecule has 22 heavy (non-hydrogen) atoms. The first-order valence-corrected chi connectivity index (χ1v) is 9.38. The smallest absolute Gasteiger partial charge is 0.317 e. The molecular weight excluding hydrogens is 296 g/mol. The van der Waals surface area contributed by atoms with Gasteiger partial charge in [0, 0.05) is 38.9 Å². The van der Waals surface area contributed by atoms with Crippen molar-refractivity contribution in [2.75, 3.05) is 49.6 Å². The number of unbranched alkanes of at least 4 members (excludes halogenated alkanes) is 1. The SMILES string of the molecule is CSCCCCNC(=O)N1CCCN(c2ccccn2)CC1. The first kappa shape index (κ1) is 16.9. The number of carbonyl (C=O) groups excluding carboxylic acids is 1. The quantitative estimate of drug-likeness (QED) is 0.817. The Morgan fingerprint density at radius 3 is 2.95 bits per heavy atom. The molecule has 0 unspecified atom stereocenters. The number of nitrogens with zero attached hydrogens (tertiary/aromatic N) is 3. The van der Waals surface area contributed by atoms with Gasteiger partial charge in [-0.1, -0.05) is 6.07 Å². The number of anilines is 1. The average molecular weight is 322 g/mol. The average Bonchev–Trinajstić information content (AvgIpc) is 2.81. The number of thioether (sulfide) groups is 1. The highest BCUT2D eigenvalue weighted by atomic mass is 32.2. The maximum Gasteiger partial charge on any atom is 0.317 e. The second kappa shape index (κ2) is 9.56. The Bertz CT molecular complexity index is 443. The fraction of sp³-hybridized carbons (Fsp3) is 0.625. The zero-order valence-corrected chi connectivity index (χ0v) is 14.1. The molecule has 0 atom stereocenters. The Labute approximate surface area is 137 Å². The van der Waals surface area contributed by atoms with Crippen molar-refractivity contribution in [1.82, 2.24) is 15.2 Å². The number of rotatable bonds is 6. The third kappa shape index (κ3) is 5.40. The molecule has 2 heterocycles. The second-order valence-electron chi connectivity index (χ2n) is 5.45. The highest BCUT2D eigenvalue weighted by Gasteiger charge is 2.19. The summed E-state index contributed by atoms with van der Waals surface area (Å²) in [5.41, 5.74) is 0. The summed E-state index contributed by atoms with van der Waals surface area (Å²) in [5, 5.41) is 3.04. The van der Waals surface area contributed by atoms with Crippen molar-refractivity contribution in [1.29, 1.82) is 0 Å². The van der Waals surface area contributed by atoms with E-state index in [1.165, 1.54) is 5.75 Å². The number of pyridine rings is 1. The predicted molar refractivity (Wildman–Crippen MR) is 93.7 cm³/mol. The van der Waals surface area contributed by atoms with Gasteiger partial charge in [-0.2, -0.15) is 11.8 Å². The molecule has 1 aromatic heterocycles. The first-order valence-electron chi connectivity index (χ1n) is 7.99. The number of urea groups is 1. The first-order chi connectivity index (χ1) is 10.8. The van der Waals surface area contributed by atoms with E-state index in [0.717, 1.165) is 57.8 Å². The molecule has 0 saturated carbocycles. The molecule has 0 radical (unpaired) electrons. The number of carbonyl (C=O) groups is 1. The van der Waals surface area contributed by atoms with Gasteiger partial charge in [-0.05, 0) is 43.4 Å². The van der Waals surface area contributed by atoms with E-state index in [-0.39, 0.29) is 6.03 Å². The highest BCUT2D eigenvalue weighted by molar-refractivity contribution is 7.98. The third-order valence-electron chi connectivity index (χ3n) is 3.81. The van der Waals surface area contributed by atoms with Crippen LogP contribution in [0.25, 0.3) is 0 Å². The minimum atomic E-state index is 0.0759. The van der Waals surface area contributed by atoms with E-state index >= 15 is 0 Å². The van der Waals surface area contributed by atoms with Crippen LogP contribution in [0.3, 0.4) is 0 Å². The Hall–Kier alpha value is -1.43. The van der Waals surface area contributed by atoms with Crippen molar-refractivity contribution in [2.24, 2.45) is 0 Å². The monoisotopic (exact) mass is 322 g/mol. The second-order valence-corrected chi connectivity index (χ2v) is 6.43. The zero-order chi connectivity index (χ0) is 15.6. The van der Waals surface area contributed by atoms with Crippen molar-refractivity contribution in [3.8, 4) is 0 Å². The summed E-state index contributed by atoms with van der Waals surface area (Å²) in [6.07, 6.45) is 7.13. The van der Waals surface area contributed by atoms with E-state index in [4.69, 9.17) is 0 Å². The minimum Gasteiger partial charge on any atom is -0.355 e. The maximum absolute atomic E-state index is 12.2. The lowest BCUT2D eigenvalue weighted by Gasteiger charge is -2.23. The van der Waals surface area contributed by atoms with Crippen LogP contribution < -0.4 is 10.2 Å². The van der Waals surface area contributed by atoms with Gasteiger partial charge in [0.2, 0.25) is 0 Å². The molecule has 1 fully saturated rings. The summed E-state index contributed by atoms with van der Waals surface area (Å²) < 4.78 is 0. The van der Waals surface area contributed by atoms with Crippen molar-refractivity contribution in [2.45, 2.75) is 19.3 Å². The van der Waals surface area contributed by atoms with Crippen LogP contribution in [0.2, 0.25) is 0 Å². The number of nitrogens with one attached hydrogen (secondary N) is 1. The summed E-state index contributed by atoms with van der Waals surface area (Å²) >= 11 is 1.85. The molecular formula is C16H26N4OS. The molecule has 1 N–H and O–H groups in total. The molecule has 5 nitrogen and oxygen atoms in total. The lowest BCUT2D eigenvalue weighted by Crippen LogP contribution is -2.42. The van der Waals surface area contributed by atoms with E-state index in [9.17, 15) is 4.79 Å². The summed E-state index contributed by atoms with van der Waals surface area (Å²) in [5.74, 6) is 2.17. The summed E-state index contributed by atoms with van der Waals surface area (Å²) in [7, 11) is 0. The van der Waals surface area contributed by atoms with Gasteiger partial charge in [0.1, 0.15) is 5.82 Å². The molecule has 122 valence electrons. The number of aromatic nitrogens is 1. The molecule has 1 aliphatic heterocycles. The largest absolute Gasteiger partial charge is 0.355 e. The fourth-order valence-electron chi connectivity index (χ4n) is 2.57. The fourth-order valence-corrected chi connectivity index (χ4v) is 3.06. The molecule has 2 rings (SSSR count). The van der Waals surface area contributed by atoms with Gasteiger partial charge in [-0.25, -0.2) is 9.78 Å². The lowest BCUT2D eigenvalue weighted by molar-refractivity contribution is 0.201. The van der Waals surface area contributed by atoms with Crippen LogP contribution in [0.4, 0.5) is 10.6 Å². The Balaban J connectivity index is 1.74. The molecule has 1 aromatic rings. The number of hydrogen-bond acceptors (Lipinski definition) is 4. The van der Waals surface area contributed by atoms with E-state index < -0.39 is 0 Å². The van der Waals surface area contributed by atoms with E-state index in [0.29, 0.717) is 0 Å². The number of amides is 2. The van der Waals surface area contributed by atoms with Crippen LogP contribution in [0, 0.1) is 0 Å². The third-order valence-corrected chi connectivity index (χ3v) is 4.50. The van der Waals surface area contributed by atoms with Crippen molar-refractivity contribution < 1.29 is 4.79 Å². The van der Waals surface area contributed by atoms with Gasteiger partial charge in [0.15, 0.2) is 0 Å². The predicted octanol–water partition coefficient (Wildman–Crippen LogP) is 2.45. The van der Waals surface area contributed by atoms with Crippen molar-refractivity contribution >= 4 is 23.6 Å². The normalized spacial score (nSPS) is 15.5. The van der Waals surface area contributed by atoms with Gasteiger partial charge >= 0.3 is 6.03 Å². The van der Waals surface area contributed by atoms with Gasteiger partial charge < -0.3 is 15.1 Å². The summed E-state index contributed by atoms with van der Waals surface area (Å²) in [6, 6.07) is 6.04. The Kier molecular flexibility index (Phi) is 7.36. The highest BCUT2D eigenvalue weighted by Crippen LogP contribution is 2.12. The van der Waals surface area contributed by atoms with Crippen LogP contribution in [0.5, 0.6) is 0 Å². The van der Waals surface area contributed by atoms with Crippen LogP contribution in [0.15, 0.2) is 24.4 Å². The Morgan fingerprint density at radius 2 is 2.18 bits per heavy atom. The van der Waals surface area contributed by atoms with Crippen LogP contribution in [-0.2, 0) is 0 Å². The molecule has 0 spiro atoms. The molecule has 0 aromatic carbocycles. The lowest BCUT2D eigenvalue weighted by atomic mass is 10.3. The maximum atomic E-state index is 12.2. The van der Waals surface area contributed by atoms with Crippen LogP contribution in [-0.4, -0.2) is 60.6 Å². The van der Waals surface area contributed by atoms with Crippen LogP contribution in [0.1, 0.15) is 19.3 Å². The standard InChI is InChI=1S/C16H26N4OS/c1-22-14-5-4-9-18-16(21)20-11-6-10-19(12-13-20)15-7-2-3-8-17-15/h2-3,7-8H,4-6,9-14H2,1H3,(H,18,21). The summed E-state index contributed by atoms with van der Waals surface area (Å²) in [6.45, 7) is 4.15. The van der Waals surface area contributed by atoms with Gasteiger partial charge in [-0.3, -0.25) is 0 Å². The molecule has 0 aliphatic carbocycles. The molecule has 2 amide bonds. The summed E-state index contributed by atoms with van der Waals surface area (Å²) in [4.78, 5) is 20.8.